The molecule has 0 unspecified atom stereocenters. The lowest BCUT2D eigenvalue weighted by molar-refractivity contribution is 0.258. The number of piperidine rings is 1. The molecule has 0 amide bonds. The first-order valence-electron chi connectivity index (χ1n) is 13.5. The Hall–Kier alpha value is -3.31. The highest BCUT2D eigenvalue weighted by atomic mass is 16.5. The molecule has 1 aliphatic rings. The molecule has 0 aromatic heterocycles. The van der Waals surface area contributed by atoms with Crippen LogP contribution in [0.15, 0.2) is 78.9 Å². The van der Waals surface area contributed by atoms with Crippen molar-refractivity contribution in [1.82, 2.24) is 4.90 Å². The average molecular weight is 499 g/mol. The number of nitrogens with one attached hydrogen (secondary N) is 1. The molecule has 0 spiro atoms. The fourth-order valence-corrected chi connectivity index (χ4v) is 4.90. The molecule has 0 saturated carbocycles. The minimum atomic E-state index is -0.113. The summed E-state index contributed by atoms with van der Waals surface area (Å²) in [6, 6.07) is 27.2. The number of aryl methyl sites for hydroxylation is 1. The van der Waals surface area contributed by atoms with Crippen LogP contribution in [-0.4, -0.2) is 37.0 Å². The standard InChI is InChI=1S/C32H42N4O/c1-25-9-7-8-12-28(25)22-37-30-15-13-29(14-16-30)36(24-32(2,3)23-33)31(34)35-19-17-27(18-20-35)21-26-10-5-4-6-11-26/h4-16,27,34H,17-24,33H2,1-3H3. The highest BCUT2D eigenvalue weighted by Crippen LogP contribution is 2.28. The lowest BCUT2D eigenvalue weighted by Crippen LogP contribution is -2.51. The van der Waals surface area contributed by atoms with Gasteiger partial charge in [-0.2, -0.15) is 0 Å². The number of guanidine groups is 1. The molecule has 0 bridgehead atoms. The number of anilines is 1. The molecule has 0 atom stereocenters. The average Bonchev–Trinajstić information content (AvgIpc) is 2.92. The van der Waals surface area contributed by atoms with Crippen molar-refractivity contribution in [3.8, 4) is 5.75 Å². The van der Waals surface area contributed by atoms with Crippen LogP contribution in [0.4, 0.5) is 5.69 Å². The van der Waals surface area contributed by atoms with Gasteiger partial charge in [0.2, 0.25) is 0 Å². The summed E-state index contributed by atoms with van der Waals surface area (Å²) >= 11 is 0. The Morgan fingerprint density at radius 3 is 2.27 bits per heavy atom. The number of hydrogen-bond donors (Lipinski definition) is 2. The van der Waals surface area contributed by atoms with Crippen LogP contribution >= 0.6 is 0 Å². The third kappa shape index (κ3) is 7.36. The monoisotopic (exact) mass is 498 g/mol. The topological polar surface area (TPSA) is 65.6 Å². The highest BCUT2D eigenvalue weighted by Gasteiger charge is 2.28. The van der Waals surface area contributed by atoms with Crippen molar-refractivity contribution >= 4 is 11.6 Å². The highest BCUT2D eigenvalue weighted by molar-refractivity contribution is 5.94. The zero-order chi connectivity index (χ0) is 26.3. The van der Waals surface area contributed by atoms with Crippen LogP contribution < -0.4 is 15.4 Å². The lowest BCUT2D eigenvalue weighted by atomic mass is 9.90. The summed E-state index contributed by atoms with van der Waals surface area (Å²) < 4.78 is 6.06. The summed E-state index contributed by atoms with van der Waals surface area (Å²) in [7, 11) is 0. The molecule has 3 N–H and O–H groups in total. The molecular formula is C32H42N4O. The molecule has 3 aromatic rings. The molecule has 5 heteroatoms. The first-order chi connectivity index (χ1) is 17.8. The van der Waals surface area contributed by atoms with Crippen LogP contribution in [0.3, 0.4) is 0 Å². The van der Waals surface area contributed by atoms with E-state index in [0.717, 1.165) is 43.8 Å². The van der Waals surface area contributed by atoms with Gasteiger partial charge in [-0.25, -0.2) is 0 Å². The Balaban J connectivity index is 1.41. The molecule has 1 aliphatic heterocycles. The molecule has 4 rings (SSSR count). The van der Waals surface area contributed by atoms with Gasteiger partial charge in [0.25, 0.3) is 0 Å². The van der Waals surface area contributed by atoms with Gasteiger partial charge < -0.3 is 20.3 Å². The predicted octanol–water partition coefficient (Wildman–Crippen LogP) is 6.25. The first-order valence-corrected chi connectivity index (χ1v) is 13.5. The van der Waals surface area contributed by atoms with Crippen LogP contribution in [0.5, 0.6) is 5.75 Å². The summed E-state index contributed by atoms with van der Waals surface area (Å²) in [5.74, 6) is 2.07. The smallest absolute Gasteiger partial charge is 0.198 e. The molecule has 0 radical (unpaired) electrons. The number of rotatable bonds is 9. The fraction of sp³-hybridized carbons (Fsp3) is 0.406. The van der Waals surface area contributed by atoms with Gasteiger partial charge in [-0.15, -0.1) is 0 Å². The van der Waals surface area contributed by atoms with Crippen molar-refractivity contribution < 1.29 is 4.74 Å². The van der Waals surface area contributed by atoms with E-state index in [4.69, 9.17) is 10.5 Å². The van der Waals surface area contributed by atoms with E-state index in [1.54, 1.807) is 0 Å². The number of hydrogen-bond acceptors (Lipinski definition) is 3. The van der Waals surface area contributed by atoms with E-state index in [1.807, 2.05) is 24.3 Å². The Morgan fingerprint density at radius 2 is 1.62 bits per heavy atom. The number of likely N-dealkylation sites (tertiary alicyclic amines) is 1. The Labute approximate surface area is 222 Å². The van der Waals surface area contributed by atoms with E-state index in [-0.39, 0.29) is 5.41 Å². The van der Waals surface area contributed by atoms with Crippen molar-refractivity contribution in [3.63, 3.8) is 0 Å². The zero-order valence-corrected chi connectivity index (χ0v) is 22.6. The van der Waals surface area contributed by atoms with Crippen molar-refractivity contribution in [2.75, 3.05) is 31.1 Å². The van der Waals surface area contributed by atoms with Gasteiger partial charge in [-0.05, 0) is 85.0 Å². The maximum atomic E-state index is 9.17. The van der Waals surface area contributed by atoms with Crippen molar-refractivity contribution in [1.29, 1.82) is 5.41 Å². The van der Waals surface area contributed by atoms with Gasteiger partial charge in [0.15, 0.2) is 5.96 Å². The minimum Gasteiger partial charge on any atom is -0.489 e. The van der Waals surface area contributed by atoms with Crippen molar-refractivity contribution in [2.45, 2.75) is 46.6 Å². The summed E-state index contributed by atoms with van der Waals surface area (Å²) in [5.41, 5.74) is 10.8. The van der Waals surface area contributed by atoms with E-state index >= 15 is 0 Å². The molecule has 37 heavy (non-hydrogen) atoms. The molecule has 3 aromatic carbocycles. The van der Waals surface area contributed by atoms with E-state index < -0.39 is 0 Å². The molecule has 0 aliphatic carbocycles. The minimum absolute atomic E-state index is 0.113. The largest absolute Gasteiger partial charge is 0.489 e. The summed E-state index contributed by atoms with van der Waals surface area (Å²) in [6.07, 6.45) is 3.34. The Morgan fingerprint density at radius 1 is 0.973 bits per heavy atom. The van der Waals surface area contributed by atoms with Crippen LogP contribution in [-0.2, 0) is 13.0 Å². The number of benzene rings is 3. The maximum Gasteiger partial charge on any atom is 0.198 e. The van der Waals surface area contributed by atoms with E-state index in [1.165, 1.54) is 16.7 Å². The number of nitrogens with two attached hydrogens (primary N) is 1. The SMILES string of the molecule is Cc1ccccc1COc1ccc(N(CC(C)(C)CN)C(=N)N2CCC(Cc3ccccc3)CC2)cc1. The fourth-order valence-electron chi connectivity index (χ4n) is 4.90. The van der Waals surface area contributed by atoms with Crippen molar-refractivity contribution in [2.24, 2.45) is 17.1 Å². The molecule has 5 nitrogen and oxygen atoms in total. The lowest BCUT2D eigenvalue weighted by Gasteiger charge is -2.40. The normalized spacial score (nSPS) is 14.4. The first kappa shape index (κ1) is 26.7. The van der Waals surface area contributed by atoms with Gasteiger partial charge in [0, 0.05) is 25.3 Å². The van der Waals surface area contributed by atoms with E-state index in [0.29, 0.717) is 31.6 Å². The summed E-state index contributed by atoms with van der Waals surface area (Å²) in [4.78, 5) is 4.35. The zero-order valence-electron chi connectivity index (χ0n) is 22.6. The van der Waals surface area contributed by atoms with Gasteiger partial charge >= 0.3 is 0 Å². The molecule has 1 saturated heterocycles. The van der Waals surface area contributed by atoms with Gasteiger partial charge in [-0.3, -0.25) is 5.41 Å². The second-order valence-corrected chi connectivity index (χ2v) is 11.1. The second kappa shape index (κ2) is 12.3. The quantitative estimate of drug-likeness (QED) is 0.270. The molecule has 1 heterocycles. The maximum absolute atomic E-state index is 9.17. The number of ether oxygens (including phenoxy) is 1. The Bertz CT molecular complexity index is 1130. The Kier molecular flexibility index (Phi) is 8.88. The second-order valence-electron chi connectivity index (χ2n) is 11.1. The predicted molar refractivity (Wildman–Crippen MR) is 154 cm³/mol. The molecule has 1 fully saturated rings. The summed E-state index contributed by atoms with van der Waals surface area (Å²) in [5, 5.41) is 9.17. The van der Waals surface area contributed by atoms with E-state index in [2.05, 4.69) is 85.2 Å². The third-order valence-electron chi connectivity index (χ3n) is 7.48. The van der Waals surface area contributed by atoms with Crippen LogP contribution in [0.1, 0.15) is 43.4 Å². The number of nitrogens with zero attached hydrogens (tertiary/aromatic N) is 2. The van der Waals surface area contributed by atoms with Gasteiger partial charge in [-0.1, -0.05) is 68.4 Å². The third-order valence-corrected chi connectivity index (χ3v) is 7.48. The van der Waals surface area contributed by atoms with Crippen LogP contribution in [0, 0.1) is 23.7 Å². The molecule has 196 valence electrons. The van der Waals surface area contributed by atoms with Crippen molar-refractivity contribution in [3.05, 3.63) is 95.6 Å². The summed E-state index contributed by atoms with van der Waals surface area (Å²) in [6.45, 7) is 10.1. The van der Waals surface area contributed by atoms with Gasteiger partial charge in [0.05, 0.1) is 0 Å². The van der Waals surface area contributed by atoms with Crippen LogP contribution in [0.25, 0.3) is 0 Å². The van der Waals surface area contributed by atoms with Gasteiger partial charge in [0.1, 0.15) is 12.4 Å². The molecular weight excluding hydrogens is 456 g/mol. The van der Waals surface area contributed by atoms with E-state index in [9.17, 15) is 5.41 Å². The van der Waals surface area contributed by atoms with Crippen LogP contribution in [0.2, 0.25) is 0 Å².